The van der Waals surface area contributed by atoms with Crippen molar-refractivity contribution >= 4 is 33.0 Å². The highest BCUT2D eigenvalue weighted by atomic mass is 32.1. The Labute approximate surface area is 119 Å². The Morgan fingerprint density at radius 2 is 2.00 bits per heavy atom. The van der Waals surface area contributed by atoms with Crippen LogP contribution in [-0.2, 0) is 6.54 Å². The molecule has 2 heterocycles. The standard InChI is InChI=1S/C16H11NO2S/c18-13-4-2-11-9-17(16(19)14(11)8-13)12-3-1-10-5-6-20-15(10)7-12/h1-8,18H,9H2. The lowest BCUT2D eigenvalue weighted by Gasteiger charge is -2.15. The first kappa shape index (κ1) is 11.5. The molecule has 1 amide bonds. The third kappa shape index (κ3) is 1.62. The van der Waals surface area contributed by atoms with Gasteiger partial charge in [0.05, 0.1) is 6.54 Å². The number of aromatic hydroxyl groups is 1. The lowest BCUT2D eigenvalue weighted by Crippen LogP contribution is -2.22. The van der Waals surface area contributed by atoms with Crippen LogP contribution in [0, 0.1) is 0 Å². The minimum Gasteiger partial charge on any atom is -0.508 e. The Morgan fingerprint density at radius 3 is 2.90 bits per heavy atom. The zero-order valence-electron chi connectivity index (χ0n) is 10.5. The maximum Gasteiger partial charge on any atom is 0.259 e. The molecule has 1 aliphatic heterocycles. The van der Waals surface area contributed by atoms with Crippen LogP contribution >= 0.6 is 11.3 Å². The molecule has 0 fully saturated rings. The van der Waals surface area contributed by atoms with Crippen molar-refractivity contribution in [1.29, 1.82) is 0 Å². The van der Waals surface area contributed by atoms with E-state index in [4.69, 9.17) is 0 Å². The van der Waals surface area contributed by atoms with Gasteiger partial charge in [0.1, 0.15) is 5.75 Å². The van der Waals surface area contributed by atoms with Crippen molar-refractivity contribution in [3.05, 3.63) is 59.0 Å². The van der Waals surface area contributed by atoms with Crippen molar-refractivity contribution in [2.75, 3.05) is 4.90 Å². The predicted octanol–water partition coefficient (Wildman–Crippen LogP) is 3.77. The summed E-state index contributed by atoms with van der Waals surface area (Å²) in [4.78, 5) is 14.2. The van der Waals surface area contributed by atoms with Crippen LogP contribution in [0.3, 0.4) is 0 Å². The number of phenols is 1. The van der Waals surface area contributed by atoms with Crippen molar-refractivity contribution in [3.63, 3.8) is 0 Å². The number of benzene rings is 2. The molecule has 0 radical (unpaired) electrons. The molecule has 0 atom stereocenters. The summed E-state index contributed by atoms with van der Waals surface area (Å²) in [6.07, 6.45) is 0. The highest BCUT2D eigenvalue weighted by molar-refractivity contribution is 7.17. The largest absolute Gasteiger partial charge is 0.508 e. The van der Waals surface area contributed by atoms with Crippen molar-refractivity contribution < 1.29 is 9.90 Å². The molecule has 3 nitrogen and oxygen atoms in total. The number of rotatable bonds is 1. The van der Waals surface area contributed by atoms with E-state index in [1.165, 1.54) is 10.1 Å². The van der Waals surface area contributed by atoms with E-state index in [0.717, 1.165) is 11.3 Å². The number of anilines is 1. The van der Waals surface area contributed by atoms with Gasteiger partial charge >= 0.3 is 0 Å². The second-order valence-electron chi connectivity index (χ2n) is 4.88. The van der Waals surface area contributed by atoms with Gasteiger partial charge in [-0.25, -0.2) is 0 Å². The number of thiophene rings is 1. The van der Waals surface area contributed by atoms with Crippen LogP contribution in [0.25, 0.3) is 10.1 Å². The van der Waals surface area contributed by atoms with Crippen molar-refractivity contribution in [2.45, 2.75) is 6.54 Å². The molecule has 98 valence electrons. The highest BCUT2D eigenvalue weighted by Crippen LogP contribution is 2.33. The summed E-state index contributed by atoms with van der Waals surface area (Å²) < 4.78 is 1.18. The minimum absolute atomic E-state index is 0.0493. The fourth-order valence-corrected chi connectivity index (χ4v) is 3.43. The Bertz CT molecular complexity index is 837. The van der Waals surface area contributed by atoms with Crippen LogP contribution in [0.15, 0.2) is 47.8 Å². The number of hydrogen-bond acceptors (Lipinski definition) is 3. The monoisotopic (exact) mass is 281 g/mol. The third-order valence-corrected chi connectivity index (χ3v) is 4.53. The molecular weight excluding hydrogens is 270 g/mol. The average molecular weight is 281 g/mol. The summed E-state index contributed by atoms with van der Waals surface area (Å²) in [6, 6.07) is 13.1. The number of nitrogens with zero attached hydrogens (tertiary/aromatic N) is 1. The zero-order chi connectivity index (χ0) is 13.7. The number of carbonyl (C=O) groups excluding carboxylic acids is 1. The molecule has 3 aromatic rings. The molecule has 0 aliphatic carbocycles. The molecule has 0 unspecified atom stereocenters. The highest BCUT2D eigenvalue weighted by Gasteiger charge is 2.28. The predicted molar refractivity (Wildman–Crippen MR) is 80.4 cm³/mol. The summed E-state index contributed by atoms with van der Waals surface area (Å²) in [5.74, 6) is 0.0828. The molecule has 4 rings (SSSR count). The molecule has 20 heavy (non-hydrogen) atoms. The molecule has 0 spiro atoms. The van der Waals surface area contributed by atoms with Gasteiger partial charge in [-0.3, -0.25) is 4.79 Å². The van der Waals surface area contributed by atoms with E-state index in [1.807, 2.05) is 29.6 Å². The zero-order valence-corrected chi connectivity index (χ0v) is 11.4. The van der Waals surface area contributed by atoms with Crippen LogP contribution in [0.4, 0.5) is 5.69 Å². The molecule has 0 saturated heterocycles. The molecule has 1 aromatic heterocycles. The number of carbonyl (C=O) groups is 1. The van der Waals surface area contributed by atoms with E-state index in [1.54, 1.807) is 28.4 Å². The van der Waals surface area contributed by atoms with Crippen LogP contribution in [0.2, 0.25) is 0 Å². The number of phenolic OH excluding ortho intramolecular Hbond substituents is 1. The van der Waals surface area contributed by atoms with Gasteiger partial charge < -0.3 is 10.0 Å². The Hall–Kier alpha value is -2.33. The molecule has 1 aliphatic rings. The smallest absolute Gasteiger partial charge is 0.259 e. The lowest BCUT2D eigenvalue weighted by molar-refractivity contribution is 0.0996. The Balaban J connectivity index is 1.79. The summed E-state index contributed by atoms with van der Waals surface area (Å²) in [6.45, 7) is 0.561. The van der Waals surface area contributed by atoms with Crippen LogP contribution < -0.4 is 4.90 Å². The van der Waals surface area contributed by atoms with Crippen LogP contribution in [-0.4, -0.2) is 11.0 Å². The normalized spacial score (nSPS) is 14.0. The van der Waals surface area contributed by atoms with E-state index in [-0.39, 0.29) is 11.7 Å². The van der Waals surface area contributed by atoms with Gasteiger partial charge in [-0.15, -0.1) is 11.3 Å². The van der Waals surface area contributed by atoms with E-state index in [2.05, 4.69) is 6.07 Å². The van der Waals surface area contributed by atoms with Crippen molar-refractivity contribution in [1.82, 2.24) is 0 Å². The van der Waals surface area contributed by atoms with Gasteiger partial charge in [-0.2, -0.15) is 0 Å². The van der Waals surface area contributed by atoms with Gasteiger partial charge in [0, 0.05) is 16.0 Å². The second kappa shape index (κ2) is 4.08. The molecule has 4 heteroatoms. The lowest BCUT2D eigenvalue weighted by atomic mass is 10.1. The first-order valence-corrected chi connectivity index (χ1v) is 7.21. The van der Waals surface area contributed by atoms with Crippen molar-refractivity contribution in [3.8, 4) is 5.75 Å². The number of hydrogen-bond donors (Lipinski definition) is 1. The van der Waals surface area contributed by atoms with E-state index < -0.39 is 0 Å². The van der Waals surface area contributed by atoms with E-state index in [0.29, 0.717) is 12.1 Å². The topological polar surface area (TPSA) is 40.5 Å². The quantitative estimate of drug-likeness (QED) is 0.737. The summed E-state index contributed by atoms with van der Waals surface area (Å²) in [5.41, 5.74) is 2.45. The van der Waals surface area contributed by atoms with Gasteiger partial charge in [-0.1, -0.05) is 12.1 Å². The molecule has 0 bridgehead atoms. The van der Waals surface area contributed by atoms with Gasteiger partial charge in [0.15, 0.2) is 0 Å². The number of amides is 1. The maximum atomic E-state index is 12.4. The number of fused-ring (bicyclic) bond motifs is 2. The SMILES string of the molecule is O=C1c2cc(O)ccc2CN1c1ccc2ccsc2c1. The summed E-state index contributed by atoms with van der Waals surface area (Å²) in [5, 5.41) is 12.8. The molecule has 1 N–H and O–H groups in total. The summed E-state index contributed by atoms with van der Waals surface area (Å²) >= 11 is 1.67. The van der Waals surface area contributed by atoms with Gasteiger partial charge in [0.2, 0.25) is 0 Å². The van der Waals surface area contributed by atoms with Crippen LogP contribution in [0.5, 0.6) is 5.75 Å². The molecular formula is C16H11NO2S. The van der Waals surface area contributed by atoms with Gasteiger partial charge in [-0.05, 0) is 46.7 Å². The first-order chi connectivity index (χ1) is 9.72. The Morgan fingerprint density at radius 1 is 1.10 bits per heavy atom. The Kier molecular flexibility index (Phi) is 2.35. The third-order valence-electron chi connectivity index (χ3n) is 3.65. The first-order valence-electron chi connectivity index (χ1n) is 6.33. The molecule has 2 aromatic carbocycles. The molecule has 0 saturated carbocycles. The van der Waals surface area contributed by atoms with Gasteiger partial charge in [0.25, 0.3) is 5.91 Å². The van der Waals surface area contributed by atoms with Crippen molar-refractivity contribution in [2.24, 2.45) is 0 Å². The summed E-state index contributed by atoms with van der Waals surface area (Å²) in [7, 11) is 0. The minimum atomic E-state index is -0.0493. The fourth-order valence-electron chi connectivity index (χ4n) is 2.61. The maximum absolute atomic E-state index is 12.4. The fraction of sp³-hybridized carbons (Fsp3) is 0.0625. The van der Waals surface area contributed by atoms with E-state index in [9.17, 15) is 9.90 Å². The second-order valence-corrected chi connectivity index (χ2v) is 5.82. The average Bonchev–Trinajstić information content (AvgIpc) is 3.03. The van der Waals surface area contributed by atoms with E-state index >= 15 is 0 Å². The van der Waals surface area contributed by atoms with Crippen LogP contribution in [0.1, 0.15) is 15.9 Å².